The topological polar surface area (TPSA) is 89.2 Å². The van der Waals surface area contributed by atoms with Crippen LogP contribution >= 0.6 is 23.2 Å². The zero-order valence-electron chi connectivity index (χ0n) is 17.1. The van der Waals surface area contributed by atoms with Crippen LogP contribution in [0, 0.1) is 0 Å². The van der Waals surface area contributed by atoms with Crippen molar-refractivity contribution in [2.45, 2.75) is 12.6 Å². The summed E-state index contributed by atoms with van der Waals surface area (Å²) in [6.45, 7) is 0.821. The Labute approximate surface area is 198 Å². The zero-order chi connectivity index (χ0) is 23.1. The minimum absolute atomic E-state index is 0.0282. The van der Waals surface area contributed by atoms with Crippen LogP contribution in [0.25, 0.3) is 5.76 Å². The first-order valence-electron chi connectivity index (χ1n) is 10.1. The highest BCUT2D eigenvalue weighted by Gasteiger charge is 2.46. The van der Waals surface area contributed by atoms with Crippen LogP contribution in [-0.4, -0.2) is 34.9 Å². The molecule has 1 amide bonds. The van der Waals surface area contributed by atoms with Crippen molar-refractivity contribution in [3.8, 4) is 11.5 Å². The van der Waals surface area contributed by atoms with Gasteiger partial charge in [-0.1, -0.05) is 29.3 Å². The van der Waals surface area contributed by atoms with Gasteiger partial charge in [-0.05, 0) is 48.0 Å². The second kappa shape index (κ2) is 8.50. The van der Waals surface area contributed by atoms with E-state index in [-0.39, 0.29) is 22.9 Å². The normalized spacial score (nSPS) is 19.2. The van der Waals surface area contributed by atoms with E-state index in [1.54, 1.807) is 48.5 Å². The molecule has 9 heteroatoms. The lowest BCUT2D eigenvalue weighted by Gasteiger charge is -2.25. The van der Waals surface area contributed by atoms with Gasteiger partial charge in [-0.2, -0.15) is 0 Å². The molecule has 3 heterocycles. The van der Waals surface area contributed by atoms with Crippen LogP contribution in [0.15, 0.2) is 64.8 Å². The molecule has 1 fully saturated rings. The third kappa shape index (κ3) is 3.83. The molecule has 5 rings (SSSR count). The van der Waals surface area contributed by atoms with Crippen molar-refractivity contribution in [3.63, 3.8) is 0 Å². The number of fused-ring (bicyclic) bond motifs is 1. The smallest absolute Gasteiger partial charge is 0.296 e. The molecule has 0 unspecified atom stereocenters. The average molecular weight is 486 g/mol. The van der Waals surface area contributed by atoms with Gasteiger partial charge in [-0.25, -0.2) is 0 Å². The number of carbonyl (C=O) groups is 2. The number of carbonyl (C=O) groups excluding carboxylic acids is 2. The Hall–Kier alpha value is -3.42. The fourth-order valence-corrected chi connectivity index (χ4v) is 4.30. The number of furan rings is 1. The van der Waals surface area contributed by atoms with Crippen LogP contribution in [0.3, 0.4) is 0 Å². The van der Waals surface area contributed by atoms with Crippen molar-refractivity contribution in [1.29, 1.82) is 0 Å². The number of ketones is 1. The molecular formula is C24H17Cl2NO6. The molecule has 0 radical (unpaired) electrons. The SMILES string of the molecule is O=C1C(=O)N(Cc2ccco2)[C@@H](c2ccc(Cl)c(Cl)c2)C1=C(O)c1ccc2c(c1)OCCO2. The molecule has 3 aromatic rings. The first-order chi connectivity index (χ1) is 15.9. The van der Waals surface area contributed by atoms with Crippen LogP contribution in [0.1, 0.15) is 22.9 Å². The van der Waals surface area contributed by atoms with Gasteiger partial charge in [0.05, 0.1) is 34.5 Å². The molecule has 0 saturated carbocycles. The largest absolute Gasteiger partial charge is 0.507 e. The summed E-state index contributed by atoms with van der Waals surface area (Å²) in [6, 6.07) is 12.1. The maximum atomic E-state index is 13.1. The monoisotopic (exact) mass is 485 g/mol. The predicted octanol–water partition coefficient (Wildman–Crippen LogP) is 4.98. The number of benzene rings is 2. The quantitative estimate of drug-likeness (QED) is 0.318. The predicted molar refractivity (Wildman–Crippen MR) is 120 cm³/mol. The maximum absolute atomic E-state index is 13.1. The molecule has 0 spiro atoms. The molecule has 7 nitrogen and oxygen atoms in total. The van der Waals surface area contributed by atoms with Gasteiger partial charge in [-0.15, -0.1) is 0 Å². The Morgan fingerprint density at radius 2 is 1.79 bits per heavy atom. The van der Waals surface area contributed by atoms with Gasteiger partial charge in [0.25, 0.3) is 11.7 Å². The van der Waals surface area contributed by atoms with Gasteiger partial charge in [0.1, 0.15) is 24.7 Å². The molecule has 2 aliphatic heterocycles. The van der Waals surface area contributed by atoms with E-state index in [0.717, 1.165) is 0 Å². The fourth-order valence-electron chi connectivity index (χ4n) is 3.99. The molecule has 1 saturated heterocycles. The van der Waals surface area contributed by atoms with Crippen molar-refractivity contribution in [3.05, 3.63) is 87.3 Å². The van der Waals surface area contributed by atoms with Crippen molar-refractivity contribution >= 4 is 40.7 Å². The number of likely N-dealkylation sites (tertiary alicyclic amines) is 1. The summed E-state index contributed by atoms with van der Waals surface area (Å²) in [5.41, 5.74) is 0.774. The van der Waals surface area contributed by atoms with Crippen LogP contribution in [0.5, 0.6) is 11.5 Å². The highest BCUT2D eigenvalue weighted by Crippen LogP contribution is 2.42. The molecule has 2 aromatic carbocycles. The molecule has 1 atom stereocenters. The summed E-state index contributed by atoms with van der Waals surface area (Å²) in [5.74, 6) is -0.436. The third-order valence-electron chi connectivity index (χ3n) is 5.52. The van der Waals surface area contributed by atoms with Gasteiger partial charge in [-0.3, -0.25) is 9.59 Å². The first kappa shape index (κ1) is 21.4. The van der Waals surface area contributed by atoms with Crippen molar-refractivity contribution in [2.24, 2.45) is 0 Å². The van der Waals surface area contributed by atoms with E-state index >= 15 is 0 Å². The highest BCUT2D eigenvalue weighted by atomic mass is 35.5. The maximum Gasteiger partial charge on any atom is 0.296 e. The van der Waals surface area contributed by atoms with Crippen molar-refractivity contribution < 1.29 is 28.6 Å². The van der Waals surface area contributed by atoms with Crippen LogP contribution in [0.4, 0.5) is 0 Å². The Balaban J connectivity index is 1.65. The Morgan fingerprint density at radius 1 is 1.00 bits per heavy atom. The molecule has 1 N–H and O–H groups in total. The van der Waals surface area contributed by atoms with Gasteiger partial charge >= 0.3 is 0 Å². The number of hydrogen-bond donors (Lipinski definition) is 1. The minimum atomic E-state index is -0.905. The van der Waals surface area contributed by atoms with Crippen LogP contribution in [-0.2, 0) is 16.1 Å². The van der Waals surface area contributed by atoms with Crippen LogP contribution < -0.4 is 9.47 Å². The van der Waals surface area contributed by atoms with Gasteiger partial charge < -0.3 is 23.9 Å². The molecule has 1 aromatic heterocycles. The summed E-state index contributed by atoms with van der Waals surface area (Å²) in [7, 11) is 0. The number of hydrogen-bond acceptors (Lipinski definition) is 6. The first-order valence-corrected chi connectivity index (χ1v) is 10.9. The Morgan fingerprint density at radius 3 is 2.52 bits per heavy atom. The fraction of sp³-hybridized carbons (Fsp3) is 0.167. The summed E-state index contributed by atoms with van der Waals surface area (Å²) in [4.78, 5) is 27.5. The van der Waals surface area contributed by atoms with Crippen LogP contribution in [0.2, 0.25) is 10.0 Å². The average Bonchev–Trinajstić information content (AvgIpc) is 3.42. The second-order valence-electron chi connectivity index (χ2n) is 7.54. The number of amides is 1. The number of nitrogens with zero attached hydrogens (tertiary/aromatic N) is 1. The molecule has 168 valence electrons. The zero-order valence-corrected chi connectivity index (χ0v) is 18.6. The van der Waals surface area contributed by atoms with E-state index in [1.165, 1.54) is 11.2 Å². The van der Waals surface area contributed by atoms with E-state index in [2.05, 4.69) is 0 Å². The van der Waals surface area contributed by atoms with Crippen molar-refractivity contribution in [1.82, 2.24) is 4.90 Å². The highest BCUT2D eigenvalue weighted by molar-refractivity contribution is 6.46. The van der Waals surface area contributed by atoms with Gasteiger partial charge in [0.2, 0.25) is 0 Å². The number of aliphatic hydroxyl groups excluding tert-OH is 1. The molecule has 33 heavy (non-hydrogen) atoms. The number of ether oxygens (including phenoxy) is 2. The van der Waals surface area contributed by atoms with Gasteiger partial charge in [0.15, 0.2) is 11.5 Å². The summed E-state index contributed by atoms with van der Waals surface area (Å²) in [5, 5.41) is 11.8. The van der Waals surface area contributed by atoms with Crippen molar-refractivity contribution in [2.75, 3.05) is 13.2 Å². The second-order valence-corrected chi connectivity index (χ2v) is 8.35. The summed E-state index contributed by atoms with van der Waals surface area (Å²) < 4.78 is 16.5. The van der Waals surface area contributed by atoms with E-state index in [4.69, 9.17) is 37.1 Å². The lowest BCUT2D eigenvalue weighted by Crippen LogP contribution is -2.29. The third-order valence-corrected chi connectivity index (χ3v) is 6.26. The number of rotatable bonds is 4. The number of Topliss-reactive ketones (excluding diaryl/α,β-unsaturated/α-hetero) is 1. The number of halogens is 2. The van der Waals surface area contributed by atoms with E-state index in [0.29, 0.717) is 46.6 Å². The molecule has 0 aliphatic carbocycles. The molecular weight excluding hydrogens is 469 g/mol. The molecule has 0 bridgehead atoms. The van der Waals surface area contributed by atoms with Gasteiger partial charge in [0, 0.05) is 5.56 Å². The minimum Gasteiger partial charge on any atom is -0.507 e. The summed E-state index contributed by atoms with van der Waals surface area (Å²) in [6.07, 6.45) is 1.48. The Bertz CT molecular complexity index is 1280. The van der Waals surface area contributed by atoms with E-state index < -0.39 is 17.7 Å². The Kier molecular flexibility index (Phi) is 5.52. The lowest BCUT2D eigenvalue weighted by molar-refractivity contribution is -0.140. The lowest BCUT2D eigenvalue weighted by atomic mass is 9.95. The number of aliphatic hydroxyl groups is 1. The van der Waals surface area contributed by atoms with E-state index in [9.17, 15) is 14.7 Å². The standard InChI is InChI=1S/C24H17Cl2NO6/c25-16-5-3-13(10-17(16)26)21-20(23(29)24(30)27(21)12-15-2-1-7-31-15)22(28)14-4-6-18-19(11-14)33-9-8-32-18/h1-7,10-11,21,28H,8-9,12H2/t21-/m0/s1. The summed E-state index contributed by atoms with van der Waals surface area (Å²) >= 11 is 12.3. The van der Waals surface area contributed by atoms with E-state index in [1.807, 2.05) is 0 Å². The molecule has 2 aliphatic rings.